The molecule has 0 atom stereocenters. The van der Waals surface area contributed by atoms with Crippen molar-refractivity contribution < 1.29 is 9.59 Å². The average Bonchev–Trinajstić information content (AvgIpc) is 3.31. The number of fused-ring (bicyclic) bond motifs is 1. The molecule has 0 aliphatic heterocycles. The largest absolute Gasteiger partial charge is 0.349 e. The highest BCUT2D eigenvalue weighted by Gasteiger charge is 2.21. The van der Waals surface area contributed by atoms with E-state index in [1.807, 2.05) is 30.3 Å². The van der Waals surface area contributed by atoms with Gasteiger partial charge in [-0.25, -0.2) is 4.98 Å². The van der Waals surface area contributed by atoms with E-state index >= 15 is 0 Å². The third-order valence-electron chi connectivity index (χ3n) is 6.35. The molecule has 0 unspecified atom stereocenters. The number of benzene rings is 3. The number of nitrogens with zero attached hydrogens (tertiary/aromatic N) is 1. The number of hydrogen-bond acceptors (Lipinski definition) is 5. The monoisotopic (exact) mass is 569 g/mol. The van der Waals surface area contributed by atoms with Crippen LogP contribution in [0.3, 0.4) is 0 Å². The maximum absolute atomic E-state index is 13.2. The predicted octanol–water partition coefficient (Wildman–Crippen LogP) is 8.21. The Morgan fingerprint density at radius 2 is 1.70 bits per heavy atom. The van der Waals surface area contributed by atoms with Crippen LogP contribution in [0.1, 0.15) is 58.4 Å². The Kier molecular flexibility index (Phi) is 8.35. The number of aromatic nitrogens is 1. The van der Waals surface area contributed by atoms with Gasteiger partial charge in [0, 0.05) is 27.5 Å². The molecule has 0 saturated heterocycles. The first-order valence-electron chi connectivity index (χ1n) is 12.1. The minimum Gasteiger partial charge on any atom is -0.349 e. The van der Waals surface area contributed by atoms with Crippen LogP contribution in [0, 0.1) is 0 Å². The summed E-state index contributed by atoms with van der Waals surface area (Å²) in [6.45, 7) is 0. The molecule has 2 N–H and O–H groups in total. The molecule has 0 spiro atoms. The highest BCUT2D eigenvalue weighted by molar-refractivity contribution is 8.00. The fraction of sp³-hybridized carbons (Fsp3) is 0.250. The second kappa shape index (κ2) is 11.9. The maximum atomic E-state index is 13.2. The van der Waals surface area contributed by atoms with Gasteiger partial charge in [-0.05, 0) is 60.9 Å². The summed E-state index contributed by atoms with van der Waals surface area (Å²) in [4.78, 5) is 30.8. The fourth-order valence-electron chi connectivity index (χ4n) is 4.41. The van der Waals surface area contributed by atoms with Crippen LogP contribution >= 0.6 is 46.3 Å². The minimum absolute atomic E-state index is 0.175. The average molecular weight is 571 g/mol. The van der Waals surface area contributed by atoms with Crippen LogP contribution in [0.15, 0.2) is 65.0 Å². The van der Waals surface area contributed by atoms with Gasteiger partial charge in [-0.15, -0.1) is 11.3 Å². The van der Waals surface area contributed by atoms with E-state index in [1.54, 1.807) is 53.4 Å². The molecule has 0 bridgehead atoms. The van der Waals surface area contributed by atoms with Crippen LogP contribution in [0.5, 0.6) is 0 Å². The summed E-state index contributed by atoms with van der Waals surface area (Å²) < 4.78 is 1.88. The van der Waals surface area contributed by atoms with Gasteiger partial charge in [0.25, 0.3) is 11.8 Å². The number of nitrogens with one attached hydrogen (secondary N) is 2. The van der Waals surface area contributed by atoms with E-state index in [0.717, 1.165) is 45.8 Å². The third kappa shape index (κ3) is 6.47. The second-order valence-electron chi connectivity index (χ2n) is 8.99. The van der Waals surface area contributed by atoms with Gasteiger partial charge in [0.2, 0.25) is 0 Å². The molecule has 2 amide bonds. The number of anilines is 1. The number of carbonyl (C=O) groups is 2. The van der Waals surface area contributed by atoms with Crippen molar-refractivity contribution in [3.63, 3.8) is 0 Å². The summed E-state index contributed by atoms with van der Waals surface area (Å²) in [6.07, 6.45) is 5.45. The van der Waals surface area contributed by atoms with Crippen LogP contribution in [0.25, 0.3) is 10.2 Å². The van der Waals surface area contributed by atoms with Crippen molar-refractivity contribution in [1.82, 2.24) is 10.3 Å². The van der Waals surface area contributed by atoms with E-state index in [2.05, 4.69) is 10.6 Å². The van der Waals surface area contributed by atoms with Gasteiger partial charge >= 0.3 is 0 Å². The normalized spacial score (nSPS) is 14.0. The highest BCUT2D eigenvalue weighted by atomic mass is 35.5. The lowest BCUT2D eigenvalue weighted by molar-refractivity contribution is 0.0917. The minimum atomic E-state index is -0.315. The molecule has 190 valence electrons. The lowest BCUT2D eigenvalue weighted by Crippen LogP contribution is -2.37. The van der Waals surface area contributed by atoms with Crippen molar-refractivity contribution in [3.8, 4) is 0 Å². The van der Waals surface area contributed by atoms with Crippen LogP contribution in [-0.4, -0.2) is 22.8 Å². The first-order chi connectivity index (χ1) is 18.0. The van der Waals surface area contributed by atoms with E-state index in [0.29, 0.717) is 32.6 Å². The quantitative estimate of drug-likeness (QED) is 0.220. The van der Waals surface area contributed by atoms with E-state index in [-0.39, 0.29) is 17.9 Å². The first-order valence-corrected chi connectivity index (χ1v) is 14.7. The van der Waals surface area contributed by atoms with Gasteiger partial charge in [0.1, 0.15) is 0 Å². The fourth-order valence-corrected chi connectivity index (χ4v) is 7.08. The Hall–Kier alpha value is -2.58. The Labute approximate surface area is 234 Å². The number of thiazole rings is 1. The topological polar surface area (TPSA) is 71.1 Å². The van der Waals surface area contributed by atoms with Gasteiger partial charge in [0.05, 0.1) is 21.3 Å². The summed E-state index contributed by atoms with van der Waals surface area (Å²) in [5.41, 5.74) is 3.26. The van der Waals surface area contributed by atoms with Gasteiger partial charge in [-0.3, -0.25) is 9.59 Å². The molecule has 1 aliphatic rings. The first kappa shape index (κ1) is 26.0. The number of thioether (sulfide) groups is 1. The molecule has 5 rings (SSSR count). The molecule has 1 heterocycles. The van der Waals surface area contributed by atoms with Crippen LogP contribution < -0.4 is 10.6 Å². The third-order valence-corrected chi connectivity index (χ3v) is 9.15. The molecule has 1 aliphatic carbocycles. The van der Waals surface area contributed by atoms with Crippen molar-refractivity contribution >= 4 is 74.0 Å². The van der Waals surface area contributed by atoms with Crippen molar-refractivity contribution in [2.45, 2.75) is 48.2 Å². The summed E-state index contributed by atoms with van der Waals surface area (Å²) in [5, 5.41) is 7.31. The number of carbonyl (C=O) groups excluding carboxylic acids is 2. The predicted molar refractivity (Wildman–Crippen MR) is 154 cm³/mol. The SMILES string of the molecule is O=C(Nc1ccc2nc(SCc3ccc(Cl)cc3Cl)sc2c1)c1ccccc1C(=O)NC1CCCCC1. The zero-order valence-corrected chi connectivity index (χ0v) is 23.1. The summed E-state index contributed by atoms with van der Waals surface area (Å²) in [5.74, 6) is 0.169. The standard InChI is InChI=1S/C28H25Cl2N3O2S2/c29-18-11-10-17(23(30)14-18)16-36-28-33-24-13-12-20(15-25(24)37-28)32-27(35)22-9-5-4-8-21(22)26(34)31-19-6-2-1-3-7-19/h4-5,8-15,19H,1-3,6-7,16H2,(H,31,34)(H,32,35). The van der Waals surface area contributed by atoms with Crippen molar-refractivity contribution in [3.05, 3.63) is 87.4 Å². The van der Waals surface area contributed by atoms with Crippen molar-refractivity contribution in [1.29, 1.82) is 0 Å². The van der Waals surface area contributed by atoms with Crippen LogP contribution in [-0.2, 0) is 5.75 Å². The van der Waals surface area contributed by atoms with E-state index in [4.69, 9.17) is 28.2 Å². The number of halogens is 2. The van der Waals surface area contributed by atoms with Crippen LogP contribution in [0.2, 0.25) is 10.0 Å². The molecule has 1 saturated carbocycles. The van der Waals surface area contributed by atoms with Gasteiger partial charge < -0.3 is 10.6 Å². The van der Waals surface area contributed by atoms with Crippen molar-refractivity contribution in [2.75, 3.05) is 5.32 Å². The molecule has 4 aromatic rings. The number of rotatable bonds is 7. The second-order valence-corrected chi connectivity index (χ2v) is 12.1. The number of amides is 2. The van der Waals surface area contributed by atoms with Gasteiger partial charge in [-0.1, -0.05) is 72.4 Å². The molecule has 9 heteroatoms. The summed E-state index contributed by atoms with van der Waals surface area (Å²) in [7, 11) is 0. The van der Waals surface area contributed by atoms with Gasteiger partial charge in [-0.2, -0.15) is 0 Å². The Morgan fingerprint density at radius 3 is 2.46 bits per heavy atom. The van der Waals surface area contributed by atoms with Gasteiger partial charge in [0.15, 0.2) is 4.34 Å². The van der Waals surface area contributed by atoms with E-state index in [1.165, 1.54) is 6.42 Å². The summed E-state index contributed by atoms with van der Waals surface area (Å²) >= 11 is 15.4. The zero-order chi connectivity index (χ0) is 25.8. The van der Waals surface area contributed by atoms with E-state index < -0.39 is 0 Å². The molecular formula is C28H25Cl2N3O2S2. The molecular weight excluding hydrogens is 545 g/mol. The Bertz CT molecular complexity index is 1450. The number of hydrogen-bond donors (Lipinski definition) is 2. The molecule has 37 heavy (non-hydrogen) atoms. The molecule has 1 fully saturated rings. The zero-order valence-electron chi connectivity index (χ0n) is 19.9. The smallest absolute Gasteiger partial charge is 0.256 e. The summed E-state index contributed by atoms with van der Waals surface area (Å²) in [6, 6.07) is 18.2. The van der Waals surface area contributed by atoms with Crippen LogP contribution in [0.4, 0.5) is 5.69 Å². The molecule has 1 aromatic heterocycles. The molecule has 0 radical (unpaired) electrons. The van der Waals surface area contributed by atoms with Crippen molar-refractivity contribution in [2.24, 2.45) is 0 Å². The maximum Gasteiger partial charge on any atom is 0.256 e. The van der Waals surface area contributed by atoms with E-state index in [9.17, 15) is 9.59 Å². The molecule has 5 nitrogen and oxygen atoms in total. The Morgan fingerprint density at radius 1 is 0.946 bits per heavy atom. The highest BCUT2D eigenvalue weighted by Crippen LogP contribution is 2.34. The lowest BCUT2D eigenvalue weighted by Gasteiger charge is -2.23. The lowest BCUT2D eigenvalue weighted by atomic mass is 9.95. The molecule has 3 aromatic carbocycles. The Balaban J connectivity index is 1.27.